The van der Waals surface area contributed by atoms with E-state index >= 15 is 0 Å². The zero-order valence-corrected chi connectivity index (χ0v) is 13.6. The molecule has 4 rings (SSSR count). The monoisotopic (exact) mass is 339 g/mol. The zero-order valence-electron chi connectivity index (χ0n) is 13.6. The van der Waals surface area contributed by atoms with Gasteiger partial charge in [-0.25, -0.2) is 9.37 Å². The van der Waals surface area contributed by atoms with Crippen molar-refractivity contribution in [1.29, 1.82) is 0 Å². The number of benzene rings is 1. The van der Waals surface area contributed by atoms with E-state index in [2.05, 4.69) is 15.0 Å². The molecule has 0 saturated carbocycles. The number of nitrogens with two attached hydrogens (primary N) is 1. The third-order valence-electron chi connectivity index (χ3n) is 4.71. The maximum Gasteiger partial charge on any atom is 0.220 e. The molecule has 0 radical (unpaired) electrons. The van der Waals surface area contributed by atoms with Crippen molar-refractivity contribution in [1.82, 2.24) is 14.6 Å². The predicted octanol–water partition coefficient (Wildman–Crippen LogP) is 2.24. The van der Waals surface area contributed by atoms with E-state index in [4.69, 9.17) is 5.73 Å². The molecule has 1 fully saturated rings. The molecule has 128 valence electrons. The number of halogens is 1. The Balaban J connectivity index is 1.75. The maximum atomic E-state index is 14.2. The molecule has 1 aromatic carbocycles. The van der Waals surface area contributed by atoms with Crippen LogP contribution < -0.4 is 10.6 Å². The SMILES string of the molecule is NC(=O)C1CCN(c2cc(-c3ccccc3F)nc3ccnn23)CC1. The Bertz CT molecular complexity index is 930. The number of fused-ring (bicyclic) bond motifs is 1. The van der Waals surface area contributed by atoms with E-state index in [1.165, 1.54) is 6.07 Å². The average Bonchev–Trinajstić information content (AvgIpc) is 3.10. The lowest BCUT2D eigenvalue weighted by molar-refractivity contribution is -0.122. The number of primary amides is 1. The highest BCUT2D eigenvalue weighted by atomic mass is 19.1. The summed E-state index contributed by atoms with van der Waals surface area (Å²) in [6.45, 7) is 1.40. The Morgan fingerprint density at radius 1 is 1.20 bits per heavy atom. The smallest absolute Gasteiger partial charge is 0.220 e. The molecule has 1 aliphatic heterocycles. The Kier molecular flexibility index (Phi) is 3.83. The summed E-state index contributed by atoms with van der Waals surface area (Å²) in [5.74, 6) is 0.205. The molecule has 0 unspecified atom stereocenters. The quantitative estimate of drug-likeness (QED) is 0.794. The van der Waals surface area contributed by atoms with Crippen LogP contribution in [0.1, 0.15) is 12.8 Å². The number of amides is 1. The summed E-state index contributed by atoms with van der Waals surface area (Å²) in [4.78, 5) is 18.0. The van der Waals surface area contributed by atoms with E-state index in [0.29, 0.717) is 42.8 Å². The number of aromatic nitrogens is 3. The fourth-order valence-electron chi connectivity index (χ4n) is 3.32. The van der Waals surface area contributed by atoms with Crippen LogP contribution in [0.4, 0.5) is 10.2 Å². The topological polar surface area (TPSA) is 76.5 Å². The second kappa shape index (κ2) is 6.16. The molecule has 0 atom stereocenters. The minimum Gasteiger partial charge on any atom is -0.369 e. The predicted molar refractivity (Wildman–Crippen MR) is 92.5 cm³/mol. The molecule has 2 N–H and O–H groups in total. The normalized spacial score (nSPS) is 15.6. The van der Waals surface area contributed by atoms with E-state index in [1.54, 1.807) is 35.0 Å². The van der Waals surface area contributed by atoms with Crippen molar-refractivity contribution >= 4 is 17.4 Å². The van der Waals surface area contributed by atoms with Crippen molar-refractivity contribution in [2.75, 3.05) is 18.0 Å². The third kappa shape index (κ3) is 2.82. The van der Waals surface area contributed by atoms with Crippen molar-refractivity contribution < 1.29 is 9.18 Å². The summed E-state index contributed by atoms with van der Waals surface area (Å²) in [7, 11) is 0. The Morgan fingerprint density at radius 3 is 2.68 bits per heavy atom. The first-order valence-corrected chi connectivity index (χ1v) is 8.27. The van der Waals surface area contributed by atoms with Crippen LogP contribution in [-0.4, -0.2) is 33.6 Å². The number of carbonyl (C=O) groups excluding carboxylic acids is 1. The van der Waals surface area contributed by atoms with Crippen LogP contribution in [0.3, 0.4) is 0 Å². The highest BCUT2D eigenvalue weighted by Gasteiger charge is 2.25. The van der Waals surface area contributed by atoms with Gasteiger partial charge in [0.2, 0.25) is 5.91 Å². The van der Waals surface area contributed by atoms with E-state index in [-0.39, 0.29) is 17.6 Å². The number of piperidine rings is 1. The molecule has 1 amide bonds. The van der Waals surface area contributed by atoms with E-state index in [0.717, 1.165) is 5.82 Å². The van der Waals surface area contributed by atoms with Crippen LogP contribution in [-0.2, 0) is 4.79 Å². The molecule has 0 spiro atoms. The van der Waals surface area contributed by atoms with Gasteiger partial charge in [-0.1, -0.05) is 12.1 Å². The van der Waals surface area contributed by atoms with Crippen LogP contribution in [0.15, 0.2) is 42.6 Å². The van der Waals surface area contributed by atoms with Gasteiger partial charge < -0.3 is 10.6 Å². The first-order chi connectivity index (χ1) is 12.1. The highest BCUT2D eigenvalue weighted by molar-refractivity contribution is 5.77. The van der Waals surface area contributed by atoms with Gasteiger partial charge in [0, 0.05) is 36.7 Å². The number of rotatable bonds is 3. The van der Waals surface area contributed by atoms with Crippen LogP contribution in [0.2, 0.25) is 0 Å². The summed E-state index contributed by atoms with van der Waals surface area (Å²) in [5.41, 5.74) is 7.10. The minimum absolute atomic E-state index is 0.0859. The second-order valence-corrected chi connectivity index (χ2v) is 6.24. The van der Waals surface area contributed by atoms with Gasteiger partial charge in [0.1, 0.15) is 11.6 Å². The fourth-order valence-corrected chi connectivity index (χ4v) is 3.32. The van der Waals surface area contributed by atoms with Crippen LogP contribution in [0, 0.1) is 11.7 Å². The van der Waals surface area contributed by atoms with Crippen molar-refractivity contribution in [3.63, 3.8) is 0 Å². The highest BCUT2D eigenvalue weighted by Crippen LogP contribution is 2.28. The zero-order chi connectivity index (χ0) is 17.4. The molecular formula is C18H18FN5O. The molecule has 0 aliphatic carbocycles. The summed E-state index contributed by atoms with van der Waals surface area (Å²) >= 11 is 0. The number of carbonyl (C=O) groups is 1. The fraction of sp³-hybridized carbons (Fsp3) is 0.278. The molecular weight excluding hydrogens is 321 g/mol. The molecule has 0 bridgehead atoms. The molecule has 7 heteroatoms. The molecule has 2 aromatic heterocycles. The Morgan fingerprint density at radius 2 is 1.96 bits per heavy atom. The second-order valence-electron chi connectivity index (χ2n) is 6.24. The van der Waals surface area contributed by atoms with Gasteiger partial charge in [-0.15, -0.1) is 0 Å². The number of hydrogen-bond donors (Lipinski definition) is 1. The average molecular weight is 339 g/mol. The van der Waals surface area contributed by atoms with Crippen LogP contribution in [0.5, 0.6) is 0 Å². The van der Waals surface area contributed by atoms with Crippen LogP contribution in [0.25, 0.3) is 16.9 Å². The first kappa shape index (κ1) is 15.6. The van der Waals surface area contributed by atoms with Crippen molar-refractivity contribution in [3.8, 4) is 11.3 Å². The van der Waals surface area contributed by atoms with Gasteiger partial charge in [-0.2, -0.15) is 9.61 Å². The Hall–Kier alpha value is -2.96. The van der Waals surface area contributed by atoms with E-state index in [1.807, 2.05) is 6.07 Å². The lowest BCUT2D eigenvalue weighted by atomic mass is 9.96. The third-order valence-corrected chi connectivity index (χ3v) is 4.71. The molecule has 3 aromatic rings. The van der Waals surface area contributed by atoms with Gasteiger partial charge >= 0.3 is 0 Å². The van der Waals surface area contributed by atoms with E-state index < -0.39 is 0 Å². The minimum atomic E-state index is -0.308. The maximum absolute atomic E-state index is 14.2. The standard InChI is InChI=1S/C18H18FN5O/c19-14-4-2-1-3-13(14)15-11-17(24-16(22-15)5-8-21-24)23-9-6-12(7-10-23)18(20)25/h1-5,8,11-12H,6-7,9-10H2,(H2,20,25). The lowest BCUT2D eigenvalue weighted by Gasteiger charge is -2.32. The molecule has 1 aliphatic rings. The molecule has 1 saturated heterocycles. The van der Waals surface area contributed by atoms with Crippen molar-refractivity contribution in [2.24, 2.45) is 11.7 Å². The summed E-state index contributed by atoms with van der Waals surface area (Å²) in [6.07, 6.45) is 3.08. The van der Waals surface area contributed by atoms with Gasteiger partial charge in [-0.3, -0.25) is 4.79 Å². The van der Waals surface area contributed by atoms with Crippen LogP contribution >= 0.6 is 0 Å². The molecule has 25 heavy (non-hydrogen) atoms. The summed E-state index contributed by atoms with van der Waals surface area (Å²) < 4.78 is 15.9. The summed E-state index contributed by atoms with van der Waals surface area (Å²) in [6, 6.07) is 10.2. The van der Waals surface area contributed by atoms with Crippen molar-refractivity contribution in [3.05, 3.63) is 48.4 Å². The van der Waals surface area contributed by atoms with Gasteiger partial charge in [0.05, 0.1) is 11.9 Å². The Labute approximate surface area is 144 Å². The van der Waals surface area contributed by atoms with Gasteiger partial charge in [-0.05, 0) is 25.0 Å². The number of hydrogen-bond acceptors (Lipinski definition) is 4. The number of anilines is 1. The largest absolute Gasteiger partial charge is 0.369 e. The van der Waals surface area contributed by atoms with Gasteiger partial charge in [0.25, 0.3) is 0 Å². The van der Waals surface area contributed by atoms with Crippen molar-refractivity contribution in [2.45, 2.75) is 12.8 Å². The molecule has 6 nitrogen and oxygen atoms in total. The number of nitrogens with zero attached hydrogens (tertiary/aromatic N) is 4. The summed E-state index contributed by atoms with van der Waals surface area (Å²) in [5, 5.41) is 4.33. The first-order valence-electron chi connectivity index (χ1n) is 8.27. The van der Waals surface area contributed by atoms with Gasteiger partial charge in [0.15, 0.2) is 5.65 Å². The van der Waals surface area contributed by atoms with E-state index in [9.17, 15) is 9.18 Å². The lowest BCUT2D eigenvalue weighted by Crippen LogP contribution is -2.39. The molecule has 3 heterocycles.